The van der Waals surface area contributed by atoms with Crippen LogP contribution in [-0.2, 0) is 6.42 Å². The summed E-state index contributed by atoms with van der Waals surface area (Å²) >= 11 is 6.20. The van der Waals surface area contributed by atoms with Crippen LogP contribution in [0.4, 0.5) is 10.1 Å². The summed E-state index contributed by atoms with van der Waals surface area (Å²) in [5, 5.41) is 3.52. The van der Waals surface area contributed by atoms with Gasteiger partial charge in [-0.2, -0.15) is 0 Å². The van der Waals surface area contributed by atoms with E-state index in [1.807, 2.05) is 30.1 Å². The Balaban J connectivity index is 1.24. The molecule has 0 saturated carbocycles. The summed E-state index contributed by atoms with van der Waals surface area (Å²) in [6.07, 6.45) is 3.35. The summed E-state index contributed by atoms with van der Waals surface area (Å²) in [5.41, 5.74) is 4.25. The summed E-state index contributed by atoms with van der Waals surface area (Å²) in [5.74, 6) is -0.458. The number of aryl methyl sites for hydroxylation is 1. The first-order valence-corrected chi connectivity index (χ1v) is 12.7. The largest absolute Gasteiger partial charge is 0.371 e. The van der Waals surface area contributed by atoms with Crippen LogP contribution in [0.5, 0.6) is 0 Å². The van der Waals surface area contributed by atoms with Crippen molar-refractivity contribution in [3.05, 3.63) is 99.8 Å². The highest BCUT2D eigenvalue weighted by molar-refractivity contribution is 6.33. The molecule has 3 aromatic rings. The molecule has 7 heteroatoms. The third-order valence-electron chi connectivity index (χ3n) is 7.42. The number of amides is 2. The van der Waals surface area contributed by atoms with Crippen LogP contribution < -0.4 is 10.2 Å². The van der Waals surface area contributed by atoms with Crippen molar-refractivity contribution in [2.24, 2.45) is 0 Å². The lowest BCUT2D eigenvalue weighted by molar-refractivity contribution is 0.0709. The predicted molar refractivity (Wildman–Crippen MR) is 140 cm³/mol. The van der Waals surface area contributed by atoms with Gasteiger partial charge in [0.15, 0.2) is 0 Å². The van der Waals surface area contributed by atoms with E-state index in [0.717, 1.165) is 55.6 Å². The molecule has 3 aromatic carbocycles. The summed E-state index contributed by atoms with van der Waals surface area (Å²) in [4.78, 5) is 30.3. The van der Waals surface area contributed by atoms with Crippen molar-refractivity contribution in [2.75, 3.05) is 25.0 Å². The molecule has 186 valence electrons. The third kappa shape index (κ3) is 4.96. The van der Waals surface area contributed by atoms with Crippen molar-refractivity contribution in [1.29, 1.82) is 0 Å². The van der Waals surface area contributed by atoms with E-state index in [4.69, 9.17) is 11.6 Å². The zero-order valence-corrected chi connectivity index (χ0v) is 21.0. The Kier molecular flexibility index (Phi) is 6.97. The zero-order valence-electron chi connectivity index (χ0n) is 20.2. The molecule has 0 bridgehead atoms. The van der Waals surface area contributed by atoms with Gasteiger partial charge in [0.25, 0.3) is 11.8 Å². The minimum Gasteiger partial charge on any atom is -0.371 e. The molecule has 0 aromatic heterocycles. The van der Waals surface area contributed by atoms with Gasteiger partial charge in [-0.15, -0.1) is 0 Å². The minimum atomic E-state index is -0.237. The van der Waals surface area contributed by atoms with Gasteiger partial charge in [-0.05, 0) is 85.3 Å². The molecule has 1 aliphatic carbocycles. The van der Waals surface area contributed by atoms with Crippen molar-refractivity contribution in [3.63, 3.8) is 0 Å². The molecule has 1 atom stereocenters. The van der Waals surface area contributed by atoms with Crippen molar-refractivity contribution in [1.82, 2.24) is 10.2 Å². The number of hydrogen-bond acceptors (Lipinski definition) is 3. The summed E-state index contributed by atoms with van der Waals surface area (Å²) in [6, 6.07) is 19.4. The predicted octanol–water partition coefficient (Wildman–Crippen LogP) is 5.64. The lowest BCUT2D eigenvalue weighted by Gasteiger charge is -2.38. The van der Waals surface area contributed by atoms with E-state index >= 15 is 0 Å². The van der Waals surface area contributed by atoms with Crippen molar-refractivity contribution in [3.8, 4) is 0 Å². The number of piperidine rings is 1. The Bertz CT molecular complexity index is 1270. The first-order valence-electron chi connectivity index (χ1n) is 12.4. The smallest absolute Gasteiger partial charge is 0.253 e. The van der Waals surface area contributed by atoms with Gasteiger partial charge in [0.05, 0.1) is 16.6 Å². The number of carbonyl (C=O) groups is 2. The molecule has 2 aliphatic rings. The molecule has 5 nitrogen and oxygen atoms in total. The van der Waals surface area contributed by atoms with Gasteiger partial charge in [0.1, 0.15) is 5.82 Å². The lowest BCUT2D eigenvalue weighted by atomic mass is 10.00. The second kappa shape index (κ2) is 10.3. The molecule has 1 aliphatic heterocycles. The standard InChI is InChI=1S/C29H29ClFN3O2/c1-33(22-14-16-34(17-15-22)23-11-9-21(31)10-12-23)29(36)20-7-6-19-8-13-27(25(19)18-20)32-28(35)24-4-2-3-5-26(24)30/h2-7,9-12,18,22,27H,8,13-17H2,1H3,(H,32,35)/t27-/m1/s1. The van der Waals surface area contributed by atoms with Crippen LogP contribution in [0.15, 0.2) is 66.7 Å². The Hall–Kier alpha value is -3.38. The zero-order chi connectivity index (χ0) is 25.2. The number of benzene rings is 3. The number of halogens is 2. The van der Waals surface area contributed by atoms with E-state index in [1.165, 1.54) is 12.1 Å². The fourth-order valence-electron chi connectivity index (χ4n) is 5.30. The molecular weight excluding hydrogens is 477 g/mol. The molecule has 2 amide bonds. The van der Waals surface area contributed by atoms with E-state index in [-0.39, 0.29) is 29.7 Å². The van der Waals surface area contributed by atoms with Crippen LogP contribution >= 0.6 is 11.6 Å². The number of hydrogen-bond donors (Lipinski definition) is 1. The van der Waals surface area contributed by atoms with E-state index in [1.54, 1.807) is 36.4 Å². The maximum atomic E-state index is 13.4. The average molecular weight is 506 g/mol. The van der Waals surface area contributed by atoms with Gasteiger partial charge >= 0.3 is 0 Å². The number of fused-ring (bicyclic) bond motifs is 1. The molecule has 1 saturated heterocycles. The van der Waals surface area contributed by atoms with Crippen LogP contribution in [0.25, 0.3) is 0 Å². The third-order valence-corrected chi connectivity index (χ3v) is 7.75. The maximum absolute atomic E-state index is 13.4. The summed E-state index contributed by atoms with van der Waals surface area (Å²) in [6.45, 7) is 1.63. The van der Waals surface area contributed by atoms with Crippen LogP contribution in [-0.4, -0.2) is 42.9 Å². The highest BCUT2D eigenvalue weighted by atomic mass is 35.5. The minimum absolute atomic E-state index is 0.0129. The molecular formula is C29H29ClFN3O2. The van der Waals surface area contributed by atoms with Gasteiger partial charge in [0, 0.05) is 37.4 Å². The van der Waals surface area contributed by atoms with Crippen LogP contribution in [0.3, 0.4) is 0 Å². The maximum Gasteiger partial charge on any atom is 0.253 e. The fraction of sp³-hybridized carbons (Fsp3) is 0.310. The highest BCUT2D eigenvalue weighted by Gasteiger charge is 2.29. The van der Waals surface area contributed by atoms with Crippen molar-refractivity contribution < 1.29 is 14.0 Å². The fourth-order valence-corrected chi connectivity index (χ4v) is 5.52. The number of nitrogens with zero attached hydrogens (tertiary/aromatic N) is 2. The summed E-state index contributed by atoms with van der Waals surface area (Å²) in [7, 11) is 1.87. The van der Waals surface area contributed by atoms with Gasteiger partial charge in [-0.1, -0.05) is 29.8 Å². The molecule has 1 N–H and O–H groups in total. The second-order valence-electron chi connectivity index (χ2n) is 9.57. The molecule has 0 radical (unpaired) electrons. The van der Waals surface area contributed by atoms with E-state index in [2.05, 4.69) is 10.2 Å². The molecule has 5 rings (SSSR count). The highest BCUT2D eigenvalue weighted by Crippen LogP contribution is 2.33. The Morgan fingerprint density at radius 1 is 1.00 bits per heavy atom. The lowest BCUT2D eigenvalue weighted by Crippen LogP contribution is -2.45. The van der Waals surface area contributed by atoms with E-state index in [9.17, 15) is 14.0 Å². The van der Waals surface area contributed by atoms with Gasteiger partial charge < -0.3 is 15.1 Å². The Morgan fingerprint density at radius 2 is 1.72 bits per heavy atom. The van der Waals surface area contributed by atoms with E-state index < -0.39 is 0 Å². The molecule has 0 unspecified atom stereocenters. The summed E-state index contributed by atoms with van der Waals surface area (Å²) < 4.78 is 13.2. The van der Waals surface area contributed by atoms with Crippen LogP contribution in [0, 0.1) is 5.82 Å². The quantitative estimate of drug-likeness (QED) is 0.488. The van der Waals surface area contributed by atoms with E-state index in [0.29, 0.717) is 16.1 Å². The van der Waals surface area contributed by atoms with Gasteiger partial charge in [0.2, 0.25) is 0 Å². The number of nitrogens with one attached hydrogen (secondary N) is 1. The number of anilines is 1. The van der Waals surface area contributed by atoms with Crippen molar-refractivity contribution >= 4 is 29.1 Å². The molecule has 1 heterocycles. The van der Waals surface area contributed by atoms with Gasteiger partial charge in [-0.3, -0.25) is 9.59 Å². The van der Waals surface area contributed by atoms with Crippen molar-refractivity contribution in [2.45, 2.75) is 37.8 Å². The number of carbonyl (C=O) groups excluding carboxylic acids is 2. The Labute approximate surface area is 215 Å². The first-order chi connectivity index (χ1) is 17.4. The van der Waals surface area contributed by atoms with Gasteiger partial charge in [-0.25, -0.2) is 4.39 Å². The van der Waals surface area contributed by atoms with Crippen LogP contribution in [0.1, 0.15) is 57.1 Å². The second-order valence-corrected chi connectivity index (χ2v) is 9.98. The normalized spacial score (nSPS) is 17.5. The average Bonchev–Trinajstić information content (AvgIpc) is 3.30. The number of rotatable bonds is 5. The first kappa shape index (κ1) is 24.3. The molecule has 0 spiro atoms. The van der Waals surface area contributed by atoms with Crippen LogP contribution in [0.2, 0.25) is 5.02 Å². The monoisotopic (exact) mass is 505 g/mol. The molecule has 1 fully saturated rings. The molecule has 36 heavy (non-hydrogen) atoms. The topological polar surface area (TPSA) is 52.7 Å². The Morgan fingerprint density at radius 3 is 2.44 bits per heavy atom. The SMILES string of the molecule is CN(C(=O)c1ccc2c(c1)[C@H](NC(=O)c1ccccc1Cl)CC2)C1CCN(c2ccc(F)cc2)CC1.